The number of anilines is 2. The predicted octanol–water partition coefficient (Wildman–Crippen LogP) is 3.07. The van der Waals surface area contributed by atoms with Crippen LogP contribution in [-0.4, -0.2) is 32.1 Å². The SMILES string of the molecule is CCOc1ccc(NC(=O)C(=O)Nc2cccc(OC)c2)cc1OCC. The molecule has 0 aliphatic carbocycles. The molecule has 2 aromatic rings. The van der Waals surface area contributed by atoms with Crippen LogP contribution in [0.25, 0.3) is 0 Å². The largest absolute Gasteiger partial charge is 0.497 e. The number of carbonyl (C=O) groups is 2. The second-order valence-electron chi connectivity index (χ2n) is 5.17. The molecule has 0 radical (unpaired) electrons. The number of methoxy groups -OCH3 is 1. The van der Waals surface area contributed by atoms with Gasteiger partial charge in [0.05, 0.1) is 20.3 Å². The number of ether oxygens (including phenoxy) is 3. The van der Waals surface area contributed by atoms with Crippen LogP contribution in [0.1, 0.15) is 13.8 Å². The van der Waals surface area contributed by atoms with E-state index in [9.17, 15) is 9.59 Å². The highest BCUT2D eigenvalue weighted by atomic mass is 16.5. The summed E-state index contributed by atoms with van der Waals surface area (Å²) in [5, 5.41) is 5.06. The van der Waals surface area contributed by atoms with E-state index in [0.717, 1.165) is 0 Å². The number of benzene rings is 2. The van der Waals surface area contributed by atoms with E-state index >= 15 is 0 Å². The monoisotopic (exact) mass is 358 g/mol. The predicted molar refractivity (Wildman–Crippen MR) is 99.0 cm³/mol. The Morgan fingerprint density at radius 2 is 1.46 bits per heavy atom. The summed E-state index contributed by atoms with van der Waals surface area (Å²) in [4.78, 5) is 24.2. The van der Waals surface area contributed by atoms with Crippen molar-refractivity contribution in [2.45, 2.75) is 13.8 Å². The fraction of sp³-hybridized carbons (Fsp3) is 0.263. The van der Waals surface area contributed by atoms with Gasteiger partial charge in [0.1, 0.15) is 5.75 Å². The van der Waals surface area contributed by atoms with Gasteiger partial charge in [-0.15, -0.1) is 0 Å². The van der Waals surface area contributed by atoms with E-state index in [1.807, 2.05) is 13.8 Å². The summed E-state index contributed by atoms with van der Waals surface area (Å²) in [5.41, 5.74) is 0.897. The van der Waals surface area contributed by atoms with E-state index < -0.39 is 11.8 Å². The lowest BCUT2D eigenvalue weighted by atomic mass is 10.2. The van der Waals surface area contributed by atoms with Gasteiger partial charge in [-0.2, -0.15) is 0 Å². The normalized spacial score (nSPS) is 9.96. The average Bonchev–Trinajstić information content (AvgIpc) is 2.64. The molecule has 0 bridgehead atoms. The lowest BCUT2D eigenvalue weighted by molar-refractivity contribution is -0.133. The summed E-state index contributed by atoms with van der Waals surface area (Å²) in [6.07, 6.45) is 0. The fourth-order valence-electron chi connectivity index (χ4n) is 2.21. The molecule has 0 atom stereocenters. The highest BCUT2D eigenvalue weighted by Gasteiger charge is 2.15. The van der Waals surface area contributed by atoms with Crippen LogP contribution in [0.2, 0.25) is 0 Å². The van der Waals surface area contributed by atoms with Crippen molar-refractivity contribution in [2.24, 2.45) is 0 Å². The molecule has 2 rings (SSSR count). The molecule has 0 heterocycles. The van der Waals surface area contributed by atoms with Gasteiger partial charge in [0.25, 0.3) is 0 Å². The van der Waals surface area contributed by atoms with Crippen LogP contribution in [0.3, 0.4) is 0 Å². The third kappa shape index (κ3) is 5.14. The molecular weight excluding hydrogens is 336 g/mol. The van der Waals surface area contributed by atoms with E-state index in [4.69, 9.17) is 14.2 Å². The zero-order chi connectivity index (χ0) is 18.9. The summed E-state index contributed by atoms with van der Waals surface area (Å²) in [7, 11) is 1.52. The molecule has 0 saturated carbocycles. The number of amides is 2. The number of nitrogens with one attached hydrogen (secondary N) is 2. The van der Waals surface area contributed by atoms with Crippen molar-refractivity contribution >= 4 is 23.2 Å². The molecule has 2 aromatic carbocycles. The maximum absolute atomic E-state index is 12.1. The maximum Gasteiger partial charge on any atom is 0.314 e. The van der Waals surface area contributed by atoms with Crippen LogP contribution in [0, 0.1) is 0 Å². The second-order valence-corrected chi connectivity index (χ2v) is 5.17. The third-order valence-electron chi connectivity index (χ3n) is 3.34. The van der Waals surface area contributed by atoms with E-state index in [1.165, 1.54) is 7.11 Å². The Labute approximate surface area is 152 Å². The molecule has 0 aliphatic heterocycles. The summed E-state index contributed by atoms with van der Waals surface area (Å²) in [5.74, 6) is 0.0779. The van der Waals surface area contributed by atoms with Gasteiger partial charge in [-0.05, 0) is 38.1 Å². The molecule has 0 fully saturated rings. The molecule has 0 saturated heterocycles. The molecule has 0 spiro atoms. The first kappa shape index (κ1) is 19.1. The molecular formula is C19H22N2O5. The zero-order valence-electron chi connectivity index (χ0n) is 15.0. The standard InChI is InChI=1S/C19H22N2O5/c1-4-25-16-10-9-14(12-17(16)26-5-2)21-19(23)18(22)20-13-7-6-8-15(11-13)24-3/h6-12H,4-5H2,1-3H3,(H,20,22)(H,21,23). The van der Waals surface area contributed by atoms with E-state index in [-0.39, 0.29) is 0 Å². The van der Waals surface area contributed by atoms with E-state index in [0.29, 0.717) is 41.8 Å². The lowest BCUT2D eigenvalue weighted by Gasteiger charge is -2.13. The third-order valence-corrected chi connectivity index (χ3v) is 3.34. The van der Waals surface area contributed by atoms with Crippen LogP contribution >= 0.6 is 0 Å². The Morgan fingerprint density at radius 3 is 2.08 bits per heavy atom. The molecule has 2 amide bonds. The molecule has 26 heavy (non-hydrogen) atoms. The first-order chi connectivity index (χ1) is 12.6. The minimum Gasteiger partial charge on any atom is -0.497 e. The Morgan fingerprint density at radius 1 is 0.846 bits per heavy atom. The van der Waals surface area contributed by atoms with E-state index in [1.54, 1.807) is 42.5 Å². The van der Waals surface area contributed by atoms with Crippen LogP contribution in [0.5, 0.6) is 17.2 Å². The summed E-state index contributed by atoms with van der Waals surface area (Å²) >= 11 is 0. The van der Waals surface area contributed by atoms with Crippen molar-refractivity contribution in [2.75, 3.05) is 31.0 Å². The molecule has 0 aromatic heterocycles. The highest BCUT2D eigenvalue weighted by molar-refractivity contribution is 6.43. The van der Waals surface area contributed by atoms with Gasteiger partial charge in [0.15, 0.2) is 11.5 Å². The molecule has 7 nitrogen and oxygen atoms in total. The maximum atomic E-state index is 12.1. The topological polar surface area (TPSA) is 85.9 Å². The lowest BCUT2D eigenvalue weighted by Crippen LogP contribution is -2.29. The fourth-order valence-corrected chi connectivity index (χ4v) is 2.21. The van der Waals surface area contributed by atoms with Crippen molar-refractivity contribution in [1.82, 2.24) is 0 Å². The minimum atomic E-state index is -0.792. The van der Waals surface area contributed by atoms with E-state index in [2.05, 4.69) is 10.6 Å². The van der Waals surface area contributed by atoms with Gasteiger partial charge in [0.2, 0.25) is 0 Å². The minimum absolute atomic E-state index is 0.433. The quantitative estimate of drug-likeness (QED) is 0.743. The van der Waals surface area contributed by atoms with Gasteiger partial charge in [-0.3, -0.25) is 9.59 Å². The van der Waals surface area contributed by atoms with Crippen LogP contribution in [0.4, 0.5) is 11.4 Å². The second kappa shape index (κ2) is 9.31. The average molecular weight is 358 g/mol. The Balaban J connectivity index is 2.05. The molecule has 7 heteroatoms. The van der Waals surface area contributed by atoms with Gasteiger partial charge < -0.3 is 24.8 Å². The molecule has 0 aliphatic rings. The van der Waals surface area contributed by atoms with Crippen molar-refractivity contribution in [3.63, 3.8) is 0 Å². The number of rotatable bonds is 7. The smallest absolute Gasteiger partial charge is 0.314 e. The van der Waals surface area contributed by atoms with Crippen LogP contribution in [0.15, 0.2) is 42.5 Å². The van der Waals surface area contributed by atoms with Crippen molar-refractivity contribution in [3.05, 3.63) is 42.5 Å². The van der Waals surface area contributed by atoms with Crippen molar-refractivity contribution in [3.8, 4) is 17.2 Å². The molecule has 138 valence electrons. The van der Waals surface area contributed by atoms with Gasteiger partial charge in [-0.1, -0.05) is 6.07 Å². The van der Waals surface area contributed by atoms with Gasteiger partial charge in [-0.25, -0.2) is 0 Å². The highest BCUT2D eigenvalue weighted by Crippen LogP contribution is 2.30. The zero-order valence-corrected chi connectivity index (χ0v) is 15.0. The Kier molecular flexibility index (Phi) is 6.84. The summed E-state index contributed by atoms with van der Waals surface area (Å²) in [6, 6.07) is 11.7. The number of carbonyl (C=O) groups excluding carboxylic acids is 2. The first-order valence-corrected chi connectivity index (χ1v) is 8.23. The number of hydrogen-bond donors (Lipinski definition) is 2. The summed E-state index contributed by atoms with van der Waals surface area (Å²) < 4.78 is 16.1. The number of hydrogen-bond acceptors (Lipinski definition) is 5. The van der Waals surface area contributed by atoms with Crippen LogP contribution < -0.4 is 24.8 Å². The Bertz CT molecular complexity index is 776. The first-order valence-electron chi connectivity index (χ1n) is 8.23. The molecule has 0 unspecified atom stereocenters. The van der Waals surface area contributed by atoms with Crippen LogP contribution in [-0.2, 0) is 9.59 Å². The van der Waals surface area contributed by atoms with Crippen molar-refractivity contribution in [1.29, 1.82) is 0 Å². The van der Waals surface area contributed by atoms with Crippen molar-refractivity contribution < 1.29 is 23.8 Å². The van der Waals surface area contributed by atoms with Gasteiger partial charge >= 0.3 is 11.8 Å². The molecule has 2 N–H and O–H groups in total. The Hall–Kier alpha value is -3.22. The van der Waals surface area contributed by atoms with Gasteiger partial charge in [0, 0.05) is 23.5 Å². The summed E-state index contributed by atoms with van der Waals surface area (Å²) in [6.45, 7) is 4.67.